The van der Waals surface area contributed by atoms with Gasteiger partial charge in [0.25, 0.3) is 0 Å². The number of anilines is 1. The van der Waals surface area contributed by atoms with Crippen LogP contribution in [0, 0.1) is 0 Å². The van der Waals surface area contributed by atoms with E-state index in [1.165, 1.54) is 11.3 Å². The lowest BCUT2D eigenvalue weighted by molar-refractivity contribution is 0.0653. The second-order valence-electron chi connectivity index (χ2n) is 4.28. The number of hydrogen-bond acceptors (Lipinski definition) is 2. The van der Waals surface area contributed by atoms with E-state index in [1.807, 2.05) is 0 Å². The number of fused-ring (bicyclic) bond motifs is 1. The van der Waals surface area contributed by atoms with Gasteiger partial charge in [-0.15, -0.1) is 0 Å². The van der Waals surface area contributed by atoms with Gasteiger partial charge < -0.3 is 10.0 Å². The van der Waals surface area contributed by atoms with Crippen molar-refractivity contribution < 1.29 is 5.11 Å². The highest BCUT2D eigenvalue weighted by Crippen LogP contribution is 2.35. The minimum absolute atomic E-state index is 0.0962. The molecule has 0 amide bonds. The summed E-state index contributed by atoms with van der Waals surface area (Å²) >= 11 is 0. The molecule has 0 radical (unpaired) electrons. The molecule has 0 bridgehead atoms. The van der Waals surface area contributed by atoms with Gasteiger partial charge in [-0.3, -0.25) is 0 Å². The summed E-state index contributed by atoms with van der Waals surface area (Å²) in [7, 11) is 0. The third kappa shape index (κ3) is 1.07. The molecule has 1 fully saturated rings. The number of para-hydroxylation sites is 1. The lowest BCUT2D eigenvalue weighted by Crippen LogP contribution is -2.50. The van der Waals surface area contributed by atoms with Gasteiger partial charge >= 0.3 is 0 Å². The highest BCUT2D eigenvalue weighted by molar-refractivity contribution is 5.59. The van der Waals surface area contributed by atoms with Crippen molar-refractivity contribution in [3.05, 3.63) is 29.8 Å². The molecule has 1 aliphatic heterocycles. The van der Waals surface area contributed by atoms with Gasteiger partial charge in [-0.1, -0.05) is 18.2 Å². The monoisotopic (exact) mass is 189 g/mol. The molecular formula is C12H15NO. The zero-order valence-electron chi connectivity index (χ0n) is 8.19. The van der Waals surface area contributed by atoms with E-state index < -0.39 is 0 Å². The number of aliphatic hydroxyl groups is 1. The summed E-state index contributed by atoms with van der Waals surface area (Å²) < 4.78 is 0. The molecule has 2 nitrogen and oxygen atoms in total. The average molecular weight is 189 g/mol. The van der Waals surface area contributed by atoms with Gasteiger partial charge in [-0.05, 0) is 30.9 Å². The van der Waals surface area contributed by atoms with Gasteiger partial charge in [0.15, 0.2) is 0 Å². The Morgan fingerprint density at radius 3 is 2.79 bits per heavy atom. The fourth-order valence-corrected chi connectivity index (χ4v) is 2.54. The predicted molar refractivity (Wildman–Crippen MR) is 56.5 cm³/mol. The molecule has 0 unspecified atom stereocenters. The van der Waals surface area contributed by atoms with Crippen molar-refractivity contribution in [2.24, 2.45) is 0 Å². The molecule has 1 saturated carbocycles. The zero-order chi connectivity index (χ0) is 9.54. The number of hydrogen-bond donors (Lipinski definition) is 1. The maximum atomic E-state index is 9.65. The van der Waals surface area contributed by atoms with Crippen LogP contribution in [0.3, 0.4) is 0 Å². The minimum Gasteiger partial charge on any atom is -0.391 e. The predicted octanol–water partition coefficient (Wildman–Crippen LogP) is 1.57. The maximum absolute atomic E-state index is 9.65. The fraction of sp³-hybridized carbons (Fsp3) is 0.500. The van der Waals surface area contributed by atoms with Crippen molar-refractivity contribution in [3.8, 4) is 0 Å². The van der Waals surface area contributed by atoms with Crippen molar-refractivity contribution in [2.75, 3.05) is 11.4 Å². The summed E-state index contributed by atoms with van der Waals surface area (Å²) in [6.45, 7) is 1.08. The molecular weight excluding hydrogens is 174 g/mol. The van der Waals surface area contributed by atoms with Crippen LogP contribution in [-0.2, 0) is 6.42 Å². The van der Waals surface area contributed by atoms with Crippen LogP contribution in [0.5, 0.6) is 0 Å². The van der Waals surface area contributed by atoms with E-state index in [1.54, 1.807) is 0 Å². The van der Waals surface area contributed by atoms with E-state index in [9.17, 15) is 5.11 Å². The first-order valence-corrected chi connectivity index (χ1v) is 5.39. The minimum atomic E-state index is -0.0962. The Kier molecular flexibility index (Phi) is 1.77. The highest BCUT2D eigenvalue weighted by Gasteiger charge is 2.36. The summed E-state index contributed by atoms with van der Waals surface area (Å²) in [4.78, 5) is 2.38. The first-order valence-electron chi connectivity index (χ1n) is 5.39. The van der Waals surface area contributed by atoms with Gasteiger partial charge in [0.05, 0.1) is 12.1 Å². The molecule has 1 aromatic carbocycles. The molecule has 14 heavy (non-hydrogen) atoms. The Balaban J connectivity index is 1.90. The average Bonchev–Trinajstić information content (AvgIpc) is 2.60. The summed E-state index contributed by atoms with van der Waals surface area (Å²) in [6.07, 6.45) is 3.17. The van der Waals surface area contributed by atoms with E-state index in [2.05, 4.69) is 29.2 Å². The largest absolute Gasteiger partial charge is 0.391 e. The molecule has 2 heteroatoms. The van der Waals surface area contributed by atoms with Gasteiger partial charge in [-0.25, -0.2) is 0 Å². The molecule has 1 aliphatic carbocycles. The van der Waals surface area contributed by atoms with E-state index >= 15 is 0 Å². The maximum Gasteiger partial charge on any atom is 0.0744 e. The van der Waals surface area contributed by atoms with E-state index in [4.69, 9.17) is 0 Å². The lowest BCUT2D eigenvalue weighted by Gasteiger charge is -2.41. The van der Waals surface area contributed by atoms with Crippen molar-refractivity contribution in [2.45, 2.75) is 31.4 Å². The molecule has 2 aliphatic rings. The molecule has 1 heterocycles. The van der Waals surface area contributed by atoms with Crippen LogP contribution in [0.1, 0.15) is 18.4 Å². The number of aliphatic hydroxyl groups excluding tert-OH is 1. The standard InChI is InChI=1S/C12H15NO/c14-12-6-5-11(12)13-8-7-9-3-1-2-4-10(9)13/h1-4,11-12,14H,5-8H2/t11-,12-/m1/s1. The Hall–Kier alpha value is -1.02. The van der Waals surface area contributed by atoms with Crippen LogP contribution < -0.4 is 4.90 Å². The van der Waals surface area contributed by atoms with E-state index in [-0.39, 0.29) is 6.10 Å². The number of nitrogens with zero attached hydrogens (tertiary/aromatic N) is 1. The van der Waals surface area contributed by atoms with Crippen LogP contribution >= 0.6 is 0 Å². The Morgan fingerprint density at radius 1 is 1.21 bits per heavy atom. The van der Waals surface area contributed by atoms with Gasteiger partial charge in [0, 0.05) is 12.2 Å². The Bertz CT molecular complexity index is 350. The van der Waals surface area contributed by atoms with Crippen LogP contribution in [0.2, 0.25) is 0 Å². The molecule has 0 saturated heterocycles. The summed E-state index contributed by atoms with van der Waals surface area (Å²) in [5.41, 5.74) is 2.78. The van der Waals surface area contributed by atoms with Gasteiger partial charge in [-0.2, -0.15) is 0 Å². The smallest absolute Gasteiger partial charge is 0.0744 e. The van der Waals surface area contributed by atoms with E-state index in [0.717, 1.165) is 25.8 Å². The van der Waals surface area contributed by atoms with Crippen molar-refractivity contribution >= 4 is 5.69 Å². The molecule has 1 N–H and O–H groups in total. The van der Waals surface area contributed by atoms with Crippen LogP contribution in [-0.4, -0.2) is 23.8 Å². The summed E-state index contributed by atoms with van der Waals surface area (Å²) in [6, 6.07) is 8.94. The Labute approximate surface area is 84.2 Å². The summed E-state index contributed by atoms with van der Waals surface area (Å²) in [5, 5.41) is 9.65. The first-order chi connectivity index (χ1) is 6.86. The Morgan fingerprint density at radius 2 is 2.07 bits per heavy atom. The number of rotatable bonds is 1. The fourth-order valence-electron chi connectivity index (χ4n) is 2.54. The third-order valence-corrected chi connectivity index (χ3v) is 3.53. The van der Waals surface area contributed by atoms with Crippen LogP contribution in [0.15, 0.2) is 24.3 Å². The summed E-state index contributed by atoms with van der Waals surface area (Å²) in [5.74, 6) is 0. The van der Waals surface area contributed by atoms with Crippen LogP contribution in [0.25, 0.3) is 0 Å². The second-order valence-corrected chi connectivity index (χ2v) is 4.28. The number of benzene rings is 1. The van der Waals surface area contributed by atoms with Gasteiger partial charge in [0.2, 0.25) is 0 Å². The van der Waals surface area contributed by atoms with Crippen molar-refractivity contribution in [1.82, 2.24) is 0 Å². The zero-order valence-corrected chi connectivity index (χ0v) is 8.19. The second kappa shape index (κ2) is 2.99. The molecule has 0 spiro atoms. The highest BCUT2D eigenvalue weighted by atomic mass is 16.3. The van der Waals surface area contributed by atoms with Crippen molar-refractivity contribution in [1.29, 1.82) is 0 Å². The molecule has 0 aromatic heterocycles. The topological polar surface area (TPSA) is 23.5 Å². The van der Waals surface area contributed by atoms with Crippen LogP contribution in [0.4, 0.5) is 5.69 Å². The SMILES string of the molecule is O[C@@H]1CC[C@H]1N1CCc2ccccc21. The molecule has 1 aromatic rings. The van der Waals surface area contributed by atoms with E-state index in [0.29, 0.717) is 6.04 Å². The molecule has 3 rings (SSSR count). The first kappa shape index (κ1) is 8.30. The van der Waals surface area contributed by atoms with Crippen molar-refractivity contribution in [3.63, 3.8) is 0 Å². The molecule has 74 valence electrons. The third-order valence-electron chi connectivity index (χ3n) is 3.53. The van der Waals surface area contributed by atoms with Gasteiger partial charge in [0.1, 0.15) is 0 Å². The lowest BCUT2D eigenvalue weighted by atomic mass is 9.88. The molecule has 2 atom stereocenters. The quantitative estimate of drug-likeness (QED) is 0.725. The normalized spacial score (nSPS) is 29.9.